The summed E-state index contributed by atoms with van der Waals surface area (Å²) in [6.45, 7) is 4.00. The highest BCUT2D eigenvalue weighted by molar-refractivity contribution is 5.86. The quantitative estimate of drug-likeness (QED) is 0.470. The topological polar surface area (TPSA) is 69.4 Å². The molecule has 1 aliphatic carbocycles. The minimum atomic E-state index is -0.552. The van der Waals surface area contributed by atoms with E-state index in [1.807, 2.05) is 13.8 Å². The van der Waals surface area contributed by atoms with Gasteiger partial charge in [-0.05, 0) is 18.4 Å². The van der Waals surface area contributed by atoms with Crippen molar-refractivity contribution in [3.05, 3.63) is 39.9 Å². The summed E-state index contributed by atoms with van der Waals surface area (Å²) < 4.78 is 4.74. The first kappa shape index (κ1) is 14.2. The molecule has 0 amide bonds. The summed E-state index contributed by atoms with van der Waals surface area (Å²) in [5.41, 5.74) is 0.276. The molecule has 0 radical (unpaired) electrons. The number of hydrogen-bond acceptors (Lipinski definition) is 4. The van der Waals surface area contributed by atoms with Crippen LogP contribution in [-0.2, 0) is 14.9 Å². The summed E-state index contributed by atoms with van der Waals surface area (Å²) in [6, 6.07) is 6.08. The second-order valence-electron chi connectivity index (χ2n) is 3.88. The zero-order valence-corrected chi connectivity index (χ0v) is 10.8. The fourth-order valence-electron chi connectivity index (χ4n) is 1.83. The van der Waals surface area contributed by atoms with Crippen molar-refractivity contribution in [3.63, 3.8) is 0 Å². The lowest BCUT2D eigenvalue weighted by molar-refractivity contribution is -0.384. The Morgan fingerprint density at radius 3 is 2.11 bits per heavy atom. The van der Waals surface area contributed by atoms with Crippen molar-refractivity contribution in [2.75, 3.05) is 7.11 Å². The highest BCUT2D eigenvalue weighted by Gasteiger charge is 2.52. The van der Waals surface area contributed by atoms with Crippen LogP contribution in [0.3, 0.4) is 0 Å². The molecule has 0 aliphatic heterocycles. The summed E-state index contributed by atoms with van der Waals surface area (Å²) in [6.07, 6.45) is 1.50. The number of nitro benzene ring substituents is 1. The van der Waals surface area contributed by atoms with Crippen LogP contribution in [0.1, 0.15) is 32.3 Å². The Hall–Kier alpha value is -1.91. The minimum Gasteiger partial charge on any atom is -0.468 e. The number of nitro groups is 1. The van der Waals surface area contributed by atoms with Crippen molar-refractivity contribution in [1.82, 2.24) is 0 Å². The number of carbonyl (C=O) groups is 1. The lowest BCUT2D eigenvalue weighted by atomic mass is 9.96. The van der Waals surface area contributed by atoms with E-state index in [-0.39, 0.29) is 11.7 Å². The van der Waals surface area contributed by atoms with Gasteiger partial charge < -0.3 is 4.74 Å². The fraction of sp³-hybridized carbons (Fsp3) is 0.462. The largest absolute Gasteiger partial charge is 0.468 e. The Balaban J connectivity index is 0.000000771. The van der Waals surface area contributed by atoms with E-state index in [1.54, 1.807) is 12.1 Å². The van der Waals surface area contributed by atoms with E-state index in [0.29, 0.717) is 0 Å². The second kappa shape index (κ2) is 5.62. The molecule has 5 heteroatoms. The Morgan fingerprint density at radius 1 is 1.28 bits per heavy atom. The first-order valence-corrected chi connectivity index (χ1v) is 5.93. The lowest BCUT2D eigenvalue weighted by Gasteiger charge is -2.12. The molecule has 5 nitrogen and oxygen atoms in total. The molecular weight excluding hydrogens is 234 g/mol. The first-order chi connectivity index (χ1) is 8.60. The van der Waals surface area contributed by atoms with Gasteiger partial charge in [0.1, 0.15) is 0 Å². The Morgan fingerprint density at radius 2 is 1.78 bits per heavy atom. The van der Waals surface area contributed by atoms with Crippen LogP contribution in [0, 0.1) is 10.1 Å². The summed E-state index contributed by atoms with van der Waals surface area (Å²) in [4.78, 5) is 21.6. The van der Waals surface area contributed by atoms with E-state index in [4.69, 9.17) is 4.74 Å². The van der Waals surface area contributed by atoms with E-state index in [1.165, 1.54) is 19.2 Å². The number of carbonyl (C=O) groups excluding carboxylic acids is 1. The zero-order valence-electron chi connectivity index (χ0n) is 10.8. The molecule has 1 aromatic carbocycles. The molecule has 2 rings (SSSR count). The molecule has 1 aliphatic rings. The molecule has 0 unspecified atom stereocenters. The zero-order chi connectivity index (χ0) is 13.8. The summed E-state index contributed by atoms with van der Waals surface area (Å²) in [5, 5.41) is 10.5. The molecule has 0 bridgehead atoms. The number of benzene rings is 1. The molecule has 98 valence electrons. The van der Waals surface area contributed by atoms with Crippen molar-refractivity contribution >= 4 is 11.7 Å². The third kappa shape index (κ3) is 2.50. The number of methoxy groups -OCH3 is 1. The Labute approximate surface area is 106 Å². The van der Waals surface area contributed by atoms with Gasteiger partial charge in [0.2, 0.25) is 0 Å². The van der Waals surface area contributed by atoms with E-state index in [0.717, 1.165) is 18.4 Å². The van der Waals surface area contributed by atoms with Gasteiger partial charge in [0.15, 0.2) is 0 Å². The maximum Gasteiger partial charge on any atom is 0.316 e. The predicted octanol–water partition coefficient (Wildman–Crippen LogP) is 2.83. The molecule has 18 heavy (non-hydrogen) atoms. The normalized spacial score (nSPS) is 15.1. The Bertz CT molecular complexity index is 435. The average molecular weight is 251 g/mol. The smallest absolute Gasteiger partial charge is 0.316 e. The number of ether oxygens (including phenoxy) is 1. The highest BCUT2D eigenvalue weighted by Crippen LogP contribution is 2.49. The molecule has 0 heterocycles. The van der Waals surface area contributed by atoms with Crippen LogP contribution in [0.25, 0.3) is 0 Å². The van der Waals surface area contributed by atoms with Gasteiger partial charge in [0.05, 0.1) is 17.4 Å². The molecule has 1 saturated carbocycles. The summed E-state index contributed by atoms with van der Waals surface area (Å²) in [7, 11) is 1.35. The summed E-state index contributed by atoms with van der Waals surface area (Å²) >= 11 is 0. The molecule has 0 aromatic heterocycles. The van der Waals surface area contributed by atoms with Gasteiger partial charge in [0.25, 0.3) is 5.69 Å². The number of nitrogens with zero attached hydrogens (tertiary/aromatic N) is 1. The van der Waals surface area contributed by atoms with Gasteiger partial charge in [-0.1, -0.05) is 26.0 Å². The van der Waals surface area contributed by atoms with Crippen LogP contribution < -0.4 is 0 Å². The van der Waals surface area contributed by atoms with Crippen LogP contribution in [-0.4, -0.2) is 18.0 Å². The molecule has 0 spiro atoms. The average Bonchev–Trinajstić information content (AvgIpc) is 3.22. The third-order valence-corrected chi connectivity index (χ3v) is 2.96. The van der Waals surface area contributed by atoms with E-state index in [2.05, 4.69) is 0 Å². The number of esters is 1. The molecule has 1 aromatic rings. The van der Waals surface area contributed by atoms with Crippen molar-refractivity contribution in [3.8, 4) is 0 Å². The molecule has 0 N–H and O–H groups in total. The van der Waals surface area contributed by atoms with Crippen LogP contribution in [0.15, 0.2) is 24.3 Å². The van der Waals surface area contributed by atoms with Gasteiger partial charge in [-0.2, -0.15) is 0 Å². The Kier molecular flexibility index (Phi) is 4.42. The van der Waals surface area contributed by atoms with Crippen molar-refractivity contribution in [2.24, 2.45) is 0 Å². The standard InChI is InChI=1S/C11H11NO4.C2H6/c1-16-10(13)11(6-7-11)8-2-4-9(5-3-8)12(14)15;1-2/h2-5H,6-7H2,1H3;1-2H3. The predicted molar refractivity (Wildman–Crippen MR) is 67.4 cm³/mol. The van der Waals surface area contributed by atoms with Gasteiger partial charge in [-0.25, -0.2) is 0 Å². The number of rotatable bonds is 3. The van der Waals surface area contributed by atoms with Gasteiger partial charge >= 0.3 is 5.97 Å². The van der Waals surface area contributed by atoms with E-state index >= 15 is 0 Å². The van der Waals surface area contributed by atoms with E-state index in [9.17, 15) is 14.9 Å². The van der Waals surface area contributed by atoms with Crippen LogP contribution in [0.5, 0.6) is 0 Å². The summed E-state index contributed by atoms with van der Waals surface area (Å²) in [5.74, 6) is -0.263. The minimum absolute atomic E-state index is 0.0319. The molecular formula is C13H17NO4. The number of non-ortho nitro benzene ring substituents is 1. The lowest BCUT2D eigenvalue weighted by Crippen LogP contribution is -2.21. The van der Waals surface area contributed by atoms with Crippen molar-refractivity contribution in [1.29, 1.82) is 0 Å². The maximum absolute atomic E-state index is 11.6. The third-order valence-electron chi connectivity index (χ3n) is 2.96. The van der Waals surface area contributed by atoms with Crippen LogP contribution in [0.2, 0.25) is 0 Å². The molecule has 0 atom stereocenters. The SMILES string of the molecule is CC.COC(=O)C1(c2ccc([N+](=O)[O-])cc2)CC1. The maximum atomic E-state index is 11.6. The number of hydrogen-bond donors (Lipinski definition) is 0. The van der Waals surface area contributed by atoms with Crippen LogP contribution in [0.4, 0.5) is 5.69 Å². The monoisotopic (exact) mass is 251 g/mol. The van der Waals surface area contributed by atoms with Gasteiger partial charge in [-0.3, -0.25) is 14.9 Å². The van der Waals surface area contributed by atoms with Crippen molar-refractivity contribution in [2.45, 2.75) is 32.1 Å². The van der Waals surface area contributed by atoms with Gasteiger partial charge in [0, 0.05) is 12.1 Å². The fourth-order valence-corrected chi connectivity index (χ4v) is 1.83. The van der Waals surface area contributed by atoms with E-state index < -0.39 is 10.3 Å². The second-order valence-corrected chi connectivity index (χ2v) is 3.88. The molecule has 1 fully saturated rings. The first-order valence-electron chi connectivity index (χ1n) is 5.93. The van der Waals surface area contributed by atoms with Crippen molar-refractivity contribution < 1.29 is 14.5 Å². The highest BCUT2D eigenvalue weighted by atomic mass is 16.6. The van der Waals surface area contributed by atoms with Crippen LogP contribution >= 0.6 is 0 Å². The molecule has 0 saturated heterocycles. The van der Waals surface area contributed by atoms with Gasteiger partial charge in [-0.15, -0.1) is 0 Å².